The standard InChI is InChI=1S/C27H30ClFN4O4/c1-17(2)31-25-7-22(23(28)8-30-25)20-6-24-26(35)33(9-19-5-21(29)4-3-18(19)11-34)13-27(12-32(24)10-20)14-36-16-37-15-27/h3-8,10,17,34H,9,11-16H2,1-2H3,(H,30,31). The maximum absolute atomic E-state index is 14.1. The Morgan fingerprint density at radius 2 is 1.97 bits per heavy atom. The normalized spacial score (nSPS) is 17.2. The molecule has 0 unspecified atom stereocenters. The molecule has 0 atom stereocenters. The molecule has 4 heterocycles. The van der Waals surface area contributed by atoms with Crippen LogP contribution in [0, 0.1) is 11.2 Å². The van der Waals surface area contributed by atoms with E-state index < -0.39 is 11.2 Å². The predicted octanol–water partition coefficient (Wildman–Crippen LogP) is 4.30. The number of carbonyl (C=O) groups is 1. The van der Waals surface area contributed by atoms with Crippen molar-refractivity contribution in [2.45, 2.75) is 39.6 Å². The number of aromatic nitrogens is 2. The molecule has 2 aliphatic rings. The fourth-order valence-corrected chi connectivity index (χ4v) is 5.29. The minimum absolute atomic E-state index is 0.146. The van der Waals surface area contributed by atoms with Gasteiger partial charge in [0.05, 0.1) is 30.3 Å². The number of fused-ring (bicyclic) bond motifs is 1. The van der Waals surface area contributed by atoms with Crippen LogP contribution in [0.2, 0.25) is 5.02 Å². The highest BCUT2D eigenvalue weighted by Gasteiger charge is 2.42. The lowest BCUT2D eigenvalue weighted by Gasteiger charge is -2.38. The van der Waals surface area contributed by atoms with Crippen molar-refractivity contribution in [2.24, 2.45) is 5.41 Å². The molecular formula is C27H30ClFN4O4. The van der Waals surface area contributed by atoms with Gasteiger partial charge in [-0.3, -0.25) is 4.79 Å². The van der Waals surface area contributed by atoms with Crippen LogP contribution in [0.1, 0.15) is 35.5 Å². The lowest BCUT2D eigenvalue weighted by Crippen LogP contribution is -2.48. The zero-order valence-corrected chi connectivity index (χ0v) is 21.6. The van der Waals surface area contributed by atoms with E-state index in [0.717, 1.165) is 11.1 Å². The highest BCUT2D eigenvalue weighted by atomic mass is 35.5. The number of benzene rings is 1. The number of anilines is 1. The van der Waals surface area contributed by atoms with Gasteiger partial charge in [-0.05, 0) is 49.2 Å². The highest BCUT2D eigenvalue weighted by molar-refractivity contribution is 6.33. The lowest BCUT2D eigenvalue weighted by molar-refractivity contribution is -0.172. The largest absolute Gasteiger partial charge is 0.392 e. The van der Waals surface area contributed by atoms with Gasteiger partial charge < -0.3 is 29.4 Å². The molecular weight excluding hydrogens is 499 g/mol. The maximum Gasteiger partial charge on any atom is 0.270 e. The lowest BCUT2D eigenvalue weighted by atomic mass is 9.88. The first kappa shape index (κ1) is 25.7. The zero-order chi connectivity index (χ0) is 26.2. The fraction of sp³-hybridized carbons (Fsp3) is 0.407. The van der Waals surface area contributed by atoms with Crippen LogP contribution >= 0.6 is 11.6 Å². The van der Waals surface area contributed by atoms with E-state index in [2.05, 4.69) is 10.3 Å². The third kappa shape index (κ3) is 5.36. The number of halogens is 2. The number of hydrogen-bond donors (Lipinski definition) is 2. The summed E-state index contributed by atoms with van der Waals surface area (Å²) in [6.45, 7) is 5.85. The summed E-state index contributed by atoms with van der Waals surface area (Å²) in [6, 6.07) is 8.13. The number of nitrogens with zero attached hydrogens (tertiary/aromatic N) is 3. The number of pyridine rings is 1. The molecule has 37 heavy (non-hydrogen) atoms. The highest BCUT2D eigenvalue weighted by Crippen LogP contribution is 2.36. The molecule has 3 aromatic rings. The number of carbonyl (C=O) groups excluding carboxylic acids is 1. The third-order valence-electron chi connectivity index (χ3n) is 6.72. The van der Waals surface area contributed by atoms with Crippen molar-refractivity contribution in [3.63, 3.8) is 0 Å². The van der Waals surface area contributed by atoms with Gasteiger partial charge in [0.1, 0.15) is 24.1 Å². The van der Waals surface area contributed by atoms with Crippen molar-refractivity contribution in [3.05, 3.63) is 70.4 Å². The van der Waals surface area contributed by atoms with Crippen LogP contribution in [0.15, 0.2) is 42.7 Å². The summed E-state index contributed by atoms with van der Waals surface area (Å²) in [6.07, 6.45) is 3.53. The van der Waals surface area contributed by atoms with Crippen molar-refractivity contribution < 1.29 is 23.8 Å². The third-order valence-corrected chi connectivity index (χ3v) is 7.02. The Bertz CT molecular complexity index is 1310. The van der Waals surface area contributed by atoms with E-state index in [0.29, 0.717) is 54.0 Å². The SMILES string of the molecule is CC(C)Nc1cc(-c2cc3n(c2)CC2(COCOC2)CN(Cc2cc(F)ccc2CO)C3=O)c(Cl)cn1. The van der Waals surface area contributed by atoms with Gasteiger partial charge in [-0.2, -0.15) is 0 Å². The van der Waals surface area contributed by atoms with Crippen molar-refractivity contribution in [1.82, 2.24) is 14.5 Å². The van der Waals surface area contributed by atoms with Crippen LogP contribution in [0.3, 0.4) is 0 Å². The molecule has 0 bridgehead atoms. The van der Waals surface area contributed by atoms with Gasteiger partial charge in [0.2, 0.25) is 0 Å². The first-order valence-corrected chi connectivity index (χ1v) is 12.6. The van der Waals surface area contributed by atoms with Crippen LogP contribution in [0.5, 0.6) is 0 Å². The molecule has 10 heteroatoms. The molecule has 2 N–H and O–H groups in total. The summed E-state index contributed by atoms with van der Waals surface area (Å²) in [5.74, 6) is 0.0711. The molecule has 1 spiro atoms. The minimum atomic E-state index is -0.492. The van der Waals surface area contributed by atoms with Gasteiger partial charge in [0.15, 0.2) is 0 Å². The second-order valence-electron chi connectivity index (χ2n) is 10.1. The first-order valence-electron chi connectivity index (χ1n) is 12.2. The minimum Gasteiger partial charge on any atom is -0.392 e. The van der Waals surface area contributed by atoms with Gasteiger partial charge in [-0.1, -0.05) is 17.7 Å². The van der Waals surface area contributed by atoms with E-state index in [-0.39, 0.29) is 31.9 Å². The molecule has 0 saturated carbocycles. The Morgan fingerprint density at radius 3 is 2.70 bits per heavy atom. The van der Waals surface area contributed by atoms with Crippen molar-refractivity contribution >= 4 is 23.3 Å². The van der Waals surface area contributed by atoms with Crippen molar-refractivity contribution in [2.75, 3.05) is 31.9 Å². The first-order chi connectivity index (χ1) is 17.8. The average Bonchev–Trinajstić information content (AvgIpc) is 3.24. The van der Waals surface area contributed by atoms with E-state index in [1.54, 1.807) is 17.2 Å². The Hall–Kier alpha value is -2.98. The van der Waals surface area contributed by atoms with E-state index in [4.69, 9.17) is 21.1 Å². The Morgan fingerprint density at radius 1 is 1.19 bits per heavy atom. The summed E-state index contributed by atoms with van der Waals surface area (Å²) < 4.78 is 27.4. The van der Waals surface area contributed by atoms with Gasteiger partial charge in [-0.15, -0.1) is 0 Å². The number of aliphatic hydroxyl groups is 1. The van der Waals surface area contributed by atoms with Gasteiger partial charge in [0.25, 0.3) is 5.91 Å². The van der Waals surface area contributed by atoms with Gasteiger partial charge >= 0.3 is 0 Å². The summed E-state index contributed by atoms with van der Waals surface area (Å²) >= 11 is 6.53. The summed E-state index contributed by atoms with van der Waals surface area (Å²) in [7, 11) is 0. The van der Waals surface area contributed by atoms with Crippen LogP contribution in [0.4, 0.5) is 10.2 Å². The molecule has 1 saturated heterocycles. The molecule has 8 nitrogen and oxygen atoms in total. The van der Waals surface area contributed by atoms with E-state index >= 15 is 0 Å². The Labute approximate surface area is 220 Å². The molecule has 0 radical (unpaired) electrons. The van der Waals surface area contributed by atoms with Crippen molar-refractivity contribution in [3.8, 4) is 11.1 Å². The Kier molecular flexibility index (Phi) is 7.22. The summed E-state index contributed by atoms with van der Waals surface area (Å²) in [4.78, 5) is 20.0. The summed E-state index contributed by atoms with van der Waals surface area (Å²) in [5.41, 5.74) is 2.69. The van der Waals surface area contributed by atoms with Gasteiger partial charge in [0, 0.05) is 49.2 Å². The molecule has 2 aromatic heterocycles. The second-order valence-corrected chi connectivity index (χ2v) is 10.5. The predicted molar refractivity (Wildman–Crippen MR) is 138 cm³/mol. The monoisotopic (exact) mass is 528 g/mol. The molecule has 1 amide bonds. The Balaban J connectivity index is 1.55. The van der Waals surface area contributed by atoms with Crippen LogP contribution in [-0.4, -0.2) is 58.1 Å². The number of nitrogens with one attached hydrogen (secondary N) is 1. The van der Waals surface area contributed by atoms with Crippen LogP contribution in [0.25, 0.3) is 11.1 Å². The fourth-order valence-electron chi connectivity index (χ4n) is 5.08. The van der Waals surface area contributed by atoms with Crippen LogP contribution < -0.4 is 5.32 Å². The topological polar surface area (TPSA) is 88.9 Å². The number of amides is 1. The number of rotatable bonds is 6. The molecule has 5 rings (SSSR count). The molecule has 196 valence electrons. The quantitative estimate of drug-likeness (QED) is 0.496. The number of aliphatic hydroxyl groups excluding tert-OH is 1. The van der Waals surface area contributed by atoms with E-state index in [1.165, 1.54) is 12.1 Å². The van der Waals surface area contributed by atoms with E-state index in [1.807, 2.05) is 36.7 Å². The van der Waals surface area contributed by atoms with Crippen molar-refractivity contribution in [1.29, 1.82) is 0 Å². The van der Waals surface area contributed by atoms with Crippen LogP contribution in [-0.2, 0) is 29.2 Å². The number of ether oxygens (including phenoxy) is 2. The second kappa shape index (κ2) is 10.4. The number of hydrogen-bond acceptors (Lipinski definition) is 6. The molecule has 1 fully saturated rings. The zero-order valence-electron chi connectivity index (χ0n) is 20.8. The van der Waals surface area contributed by atoms with E-state index in [9.17, 15) is 14.3 Å². The molecule has 1 aromatic carbocycles. The smallest absolute Gasteiger partial charge is 0.270 e. The molecule has 0 aliphatic carbocycles. The summed E-state index contributed by atoms with van der Waals surface area (Å²) in [5, 5.41) is 13.6. The van der Waals surface area contributed by atoms with Gasteiger partial charge in [-0.25, -0.2) is 9.37 Å². The maximum atomic E-state index is 14.1. The average molecular weight is 529 g/mol. The molecule has 2 aliphatic heterocycles.